The van der Waals surface area contributed by atoms with Crippen molar-refractivity contribution < 1.29 is 27.4 Å². The molecule has 0 spiro atoms. The molecular formula is C20H30N2O6S. The zero-order valence-electron chi connectivity index (χ0n) is 16.9. The predicted octanol–water partition coefficient (Wildman–Crippen LogP) is 1.50. The molecule has 2 aliphatic rings. The number of carbonyl (C=O) groups is 1. The highest BCUT2D eigenvalue weighted by Crippen LogP contribution is 2.21. The second kappa shape index (κ2) is 10.4. The summed E-state index contributed by atoms with van der Waals surface area (Å²) in [4.78, 5) is 14.3. The van der Waals surface area contributed by atoms with Gasteiger partial charge in [-0.15, -0.1) is 0 Å². The summed E-state index contributed by atoms with van der Waals surface area (Å²) in [6.07, 6.45) is 2.54. The Morgan fingerprint density at radius 3 is 2.52 bits per heavy atom. The lowest BCUT2D eigenvalue weighted by Gasteiger charge is -2.34. The minimum atomic E-state index is -3.57. The Morgan fingerprint density at radius 1 is 1.17 bits per heavy atom. The maximum absolute atomic E-state index is 12.8. The highest BCUT2D eigenvalue weighted by Gasteiger charge is 2.30. The molecule has 0 N–H and O–H groups in total. The van der Waals surface area contributed by atoms with Crippen LogP contribution in [0.4, 0.5) is 0 Å². The van der Waals surface area contributed by atoms with Gasteiger partial charge in [0.05, 0.1) is 37.2 Å². The Morgan fingerprint density at radius 2 is 1.90 bits per heavy atom. The monoisotopic (exact) mass is 426 g/mol. The molecule has 1 atom stereocenters. The highest BCUT2D eigenvalue weighted by atomic mass is 32.2. The molecule has 29 heavy (non-hydrogen) atoms. The van der Waals surface area contributed by atoms with E-state index in [1.165, 1.54) is 4.31 Å². The van der Waals surface area contributed by atoms with Crippen LogP contribution in [0.15, 0.2) is 29.2 Å². The number of benzene rings is 1. The van der Waals surface area contributed by atoms with Gasteiger partial charge >= 0.3 is 0 Å². The second-order valence-electron chi connectivity index (χ2n) is 7.15. The number of carbonyl (C=O) groups excluding carboxylic acids is 1. The van der Waals surface area contributed by atoms with E-state index in [-0.39, 0.29) is 30.0 Å². The molecule has 0 radical (unpaired) electrons. The molecule has 1 unspecified atom stereocenters. The fraction of sp³-hybridized carbons (Fsp3) is 0.650. The van der Waals surface area contributed by atoms with Crippen LogP contribution in [0.2, 0.25) is 0 Å². The Balaban J connectivity index is 1.43. The van der Waals surface area contributed by atoms with Crippen molar-refractivity contribution >= 4 is 15.9 Å². The van der Waals surface area contributed by atoms with Crippen LogP contribution in [-0.4, -0.2) is 82.2 Å². The molecule has 0 saturated carbocycles. The number of nitrogens with zero attached hydrogens (tertiary/aromatic N) is 2. The van der Waals surface area contributed by atoms with Crippen molar-refractivity contribution in [2.24, 2.45) is 0 Å². The van der Waals surface area contributed by atoms with Gasteiger partial charge in [0.15, 0.2) is 0 Å². The van der Waals surface area contributed by atoms with Gasteiger partial charge < -0.3 is 19.1 Å². The second-order valence-corrected chi connectivity index (χ2v) is 9.09. The van der Waals surface area contributed by atoms with Gasteiger partial charge in [0, 0.05) is 32.8 Å². The average Bonchev–Trinajstić information content (AvgIpc) is 3.25. The van der Waals surface area contributed by atoms with Crippen molar-refractivity contribution in [3.63, 3.8) is 0 Å². The topological polar surface area (TPSA) is 85.4 Å². The normalized spacial score (nSPS) is 20.7. The van der Waals surface area contributed by atoms with Crippen molar-refractivity contribution in [2.45, 2.75) is 37.2 Å². The molecule has 2 fully saturated rings. The zero-order valence-corrected chi connectivity index (χ0v) is 17.7. The number of rotatable bonds is 9. The number of hydrogen-bond donors (Lipinski definition) is 0. The van der Waals surface area contributed by atoms with Crippen LogP contribution in [-0.2, 0) is 24.3 Å². The molecule has 1 amide bonds. The first-order valence-corrected chi connectivity index (χ1v) is 11.6. The van der Waals surface area contributed by atoms with E-state index >= 15 is 0 Å². The maximum atomic E-state index is 12.8. The first-order chi connectivity index (χ1) is 14.0. The van der Waals surface area contributed by atoms with Gasteiger partial charge in [0.2, 0.25) is 15.9 Å². The van der Waals surface area contributed by atoms with E-state index in [9.17, 15) is 13.2 Å². The molecule has 2 aliphatic heterocycles. The zero-order chi connectivity index (χ0) is 20.7. The summed E-state index contributed by atoms with van der Waals surface area (Å²) in [6.45, 7) is 5.45. The summed E-state index contributed by atoms with van der Waals surface area (Å²) in [5, 5.41) is 0. The minimum Gasteiger partial charge on any atom is -0.494 e. The van der Waals surface area contributed by atoms with Crippen LogP contribution in [0, 0.1) is 0 Å². The molecule has 0 bridgehead atoms. The van der Waals surface area contributed by atoms with Gasteiger partial charge in [-0.2, -0.15) is 4.31 Å². The fourth-order valence-electron chi connectivity index (χ4n) is 3.51. The van der Waals surface area contributed by atoms with E-state index in [0.29, 0.717) is 45.1 Å². The Kier molecular flexibility index (Phi) is 7.88. The quantitative estimate of drug-likeness (QED) is 0.557. The van der Waals surface area contributed by atoms with E-state index in [1.807, 2.05) is 6.92 Å². The van der Waals surface area contributed by atoms with Gasteiger partial charge in [-0.1, -0.05) is 0 Å². The van der Waals surface area contributed by atoms with Crippen molar-refractivity contribution in [3.8, 4) is 5.75 Å². The SMILES string of the molecule is CCOc1ccc(S(=O)(=O)N2CCN(C(=O)CCOCC3CCCO3)CC2)cc1. The Hall–Kier alpha value is -1.68. The average molecular weight is 427 g/mol. The van der Waals surface area contributed by atoms with Gasteiger partial charge in [-0.25, -0.2) is 8.42 Å². The third-order valence-electron chi connectivity index (χ3n) is 5.15. The van der Waals surface area contributed by atoms with E-state index < -0.39 is 10.0 Å². The van der Waals surface area contributed by atoms with Gasteiger partial charge in [-0.05, 0) is 44.0 Å². The molecule has 9 heteroatoms. The number of piperazine rings is 1. The molecule has 3 rings (SSSR count). The van der Waals surface area contributed by atoms with Gasteiger partial charge in [0.1, 0.15) is 5.75 Å². The van der Waals surface area contributed by atoms with Crippen LogP contribution < -0.4 is 4.74 Å². The maximum Gasteiger partial charge on any atom is 0.243 e. The molecule has 0 aliphatic carbocycles. The molecule has 1 aromatic rings. The van der Waals surface area contributed by atoms with E-state index in [1.54, 1.807) is 29.2 Å². The molecule has 8 nitrogen and oxygen atoms in total. The van der Waals surface area contributed by atoms with Crippen LogP contribution in [0.5, 0.6) is 5.75 Å². The lowest BCUT2D eigenvalue weighted by Crippen LogP contribution is -2.50. The van der Waals surface area contributed by atoms with Crippen LogP contribution in [0.3, 0.4) is 0 Å². The molecule has 1 aromatic carbocycles. The number of ether oxygens (including phenoxy) is 3. The lowest BCUT2D eigenvalue weighted by atomic mass is 10.2. The predicted molar refractivity (Wildman–Crippen MR) is 107 cm³/mol. The third kappa shape index (κ3) is 5.91. The number of amides is 1. The fourth-order valence-corrected chi connectivity index (χ4v) is 4.93. The summed E-state index contributed by atoms with van der Waals surface area (Å²) < 4.78 is 43.5. The van der Waals surface area contributed by atoms with Crippen molar-refractivity contribution in [1.82, 2.24) is 9.21 Å². The number of sulfonamides is 1. The summed E-state index contributed by atoms with van der Waals surface area (Å²) in [5.74, 6) is 0.638. The Labute approximate surface area is 172 Å². The largest absolute Gasteiger partial charge is 0.494 e. The van der Waals surface area contributed by atoms with Gasteiger partial charge in [0.25, 0.3) is 0 Å². The molecule has 162 valence electrons. The van der Waals surface area contributed by atoms with Crippen molar-refractivity contribution in [3.05, 3.63) is 24.3 Å². The molecular weight excluding hydrogens is 396 g/mol. The van der Waals surface area contributed by atoms with Crippen LogP contribution >= 0.6 is 0 Å². The van der Waals surface area contributed by atoms with E-state index in [4.69, 9.17) is 14.2 Å². The standard InChI is InChI=1S/C20H30N2O6S/c1-2-27-17-5-7-19(8-6-17)29(24,25)22-12-10-21(11-13-22)20(23)9-15-26-16-18-4-3-14-28-18/h5-8,18H,2-4,9-16H2,1H3. The first kappa shape index (κ1) is 22.0. The third-order valence-corrected chi connectivity index (χ3v) is 7.06. The molecule has 0 aromatic heterocycles. The summed E-state index contributed by atoms with van der Waals surface area (Å²) in [7, 11) is -3.57. The minimum absolute atomic E-state index is 0.00421. The number of hydrogen-bond acceptors (Lipinski definition) is 6. The van der Waals surface area contributed by atoms with Crippen LogP contribution in [0.25, 0.3) is 0 Å². The smallest absolute Gasteiger partial charge is 0.243 e. The van der Waals surface area contributed by atoms with Crippen LogP contribution in [0.1, 0.15) is 26.2 Å². The van der Waals surface area contributed by atoms with Crippen molar-refractivity contribution in [2.75, 3.05) is 52.6 Å². The molecule has 2 saturated heterocycles. The van der Waals surface area contributed by atoms with E-state index in [0.717, 1.165) is 19.4 Å². The van der Waals surface area contributed by atoms with Crippen molar-refractivity contribution in [1.29, 1.82) is 0 Å². The lowest BCUT2D eigenvalue weighted by molar-refractivity contribution is -0.133. The Bertz CT molecular complexity index is 754. The first-order valence-electron chi connectivity index (χ1n) is 10.2. The summed E-state index contributed by atoms with van der Waals surface area (Å²) in [5.41, 5.74) is 0. The molecule has 2 heterocycles. The highest BCUT2D eigenvalue weighted by molar-refractivity contribution is 7.89. The summed E-state index contributed by atoms with van der Waals surface area (Å²) in [6, 6.07) is 6.44. The van der Waals surface area contributed by atoms with E-state index in [2.05, 4.69) is 0 Å². The summed E-state index contributed by atoms with van der Waals surface area (Å²) >= 11 is 0. The van der Waals surface area contributed by atoms with Gasteiger partial charge in [-0.3, -0.25) is 4.79 Å².